The fourth-order valence-corrected chi connectivity index (χ4v) is 6.05. The van der Waals surface area contributed by atoms with E-state index in [0.717, 1.165) is 18.4 Å². The van der Waals surface area contributed by atoms with E-state index in [-0.39, 0.29) is 34.7 Å². The van der Waals surface area contributed by atoms with Gasteiger partial charge in [-0.05, 0) is 79.4 Å². The maximum Gasteiger partial charge on any atom is 0.305 e. The zero-order chi connectivity index (χ0) is 27.7. The predicted molar refractivity (Wildman–Crippen MR) is 155 cm³/mol. The van der Waals surface area contributed by atoms with Gasteiger partial charge in [-0.1, -0.05) is 48.5 Å². The number of amides is 1. The third-order valence-electron chi connectivity index (χ3n) is 6.30. The molecule has 0 saturated carbocycles. The van der Waals surface area contributed by atoms with Crippen molar-refractivity contribution in [3.8, 4) is 0 Å². The molecule has 1 heterocycles. The fourth-order valence-electron chi connectivity index (χ4n) is 4.32. The van der Waals surface area contributed by atoms with Gasteiger partial charge in [-0.15, -0.1) is 0 Å². The molecule has 0 fully saturated rings. The number of esters is 1. The molecule has 39 heavy (non-hydrogen) atoms. The summed E-state index contributed by atoms with van der Waals surface area (Å²) in [5.41, 5.74) is 3.46. The summed E-state index contributed by atoms with van der Waals surface area (Å²) in [6, 6.07) is 23.7. The fraction of sp³-hybridized carbons (Fsp3) is 0.276. The first kappa shape index (κ1) is 28.3. The van der Waals surface area contributed by atoms with Crippen molar-refractivity contribution in [3.63, 3.8) is 0 Å². The largest absolute Gasteiger partial charge is 0.466 e. The van der Waals surface area contributed by atoms with Gasteiger partial charge in [0.1, 0.15) is 0 Å². The SMILES string of the molecule is O=C(CCCC(=O)OCCCc1ccccc1)NC(=S)Nc1ccc(S(=O)(=O)N2CCc3ccccc32)cc1. The molecule has 0 bridgehead atoms. The number of anilines is 2. The van der Waals surface area contributed by atoms with Crippen LogP contribution in [-0.4, -0.2) is 38.6 Å². The molecular weight excluding hydrogens is 534 g/mol. The van der Waals surface area contributed by atoms with Crippen LogP contribution >= 0.6 is 12.2 Å². The first-order valence-electron chi connectivity index (χ1n) is 12.8. The molecule has 0 spiro atoms. The van der Waals surface area contributed by atoms with E-state index in [1.807, 2.05) is 54.6 Å². The van der Waals surface area contributed by atoms with Gasteiger partial charge in [0.25, 0.3) is 10.0 Å². The van der Waals surface area contributed by atoms with Crippen LogP contribution in [0.4, 0.5) is 11.4 Å². The third kappa shape index (κ3) is 7.87. The van der Waals surface area contributed by atoms with Crippen LogP contribution < -0.4 is 14.9 Å². The minimum Gasteiger partial charge on any atom is -0.466 e. The number of sulfonamides is 1. The highest BCUT2D eigenvalue weighted by atomic mass is 32.2. The van der Waals surface area contributed by atoms with Crippen LogP contribution in [0.3, 0.4) is 0 Å². The number of thiocarbonyl (C=S) groups is 1. The second-order valence-electron chi connectivity index (χ2n) is 9.15. The van der Waals surface area contributed by atoms with E-state index < -0.39 is 10.0 Å². The molecule has 204 valence electrons. The Hall–Kier alpha value is -3.76. The quantitative estimate of drug-likeness (QED) is 0.199. The van der Waals surface area contributed by atoms with Crippen LogP contribution in [0.5, 0.6) is 0 Å². The lowest BCUT2D eigenvalue weighted by Gasteiger charge is -2.19. The van der Waals surface area contributed by atoms with E-state index in [9.17, 15) is 18.0 Å². The Kier molecular flexibility index (Phi) is 9.67. The van der Waals surface area contributed by atoms with Gasteiger partial charge in [0.05, 0.1) is 17.2 Å². The average molecular weight is 566 g/mol. The second kappa shape index (κ2) is 13.3. The number of nitrogens with one attached hydrogen (secondary N) is 2. The maximum atomic E-state index is 13.1. The van der Waals surface area contributed by atoms with Crippen LogP contribution in [0.15, 0.2) is 83.8 Å². The Morgan fingerprint density at radius 3 is 2.38 bits per heavy atom. The van der Waals surface area contributed by atoms with Gasteiger partial charge >= 0.3 is 5.97 Å². The number of aryl methyl sites for hydroxylation is 1. The highest BCUT2D eigenvalue weighted by Crippen LogP contribution is 2.32. The van der Waals surface area contributed by atoms with Gasteiger partial charge in [0.2, 0.25) is 5.91 Å². The summed E-state index contributed by atoms with van der Waals surface area (Å²) in [4.78, 5) is 24.3. The number of rotatable bonds is 11. The number of carbonyl (C=O) groups excluding carboxylic acids is 2. The Bertz CT molecular complexity index is 1410. The molecule has 3 aromatic carbocycles. The molecule has 4 rings (SSSR count). The molecule has 0 aliphatic carbocycles. The molecule has 0 radical (unpaired) electrons. The van der Waals surface area contributed by atoms with Crippen LogP contribution in [0, 0.1) is 0 Å². The van der Waals surface area contributed by atoms with Gasteiger partial charge in [-0.3, -0.25) is 13.9 Å². The summed E-state index contributed by atoms with van der Waals surface area (Å²) < 4.78 is 33.0. The number of ether oxygens (including phenoxy) is 1. The topological polar surface area (TPSA) is 105 Å². The van der Waals surface area contributed by atoms with Crippen molar-refractivity contribution in [2.45, 2.75) is 43.4 Å². The lowest BCUT2D eigenvalue weighted by Crippen LogP contribution is -2.34. The highest BCUT2D eigenvalue weighted by Gasteiger charge is 2.30. The molecule has 0 unspecified atom stereocenters. The van der Waals surface area contributed by atoms with Crippen molar-refractivity contribution in [1.29, 1.82) is 0 Å². The molecule has 10 heteroatoms. The molecular formula is C29H31N3O5S2. The summed E-state index contributed by atoms with van der Waals surface area (Å²) >= 11 is 5.20. The predicted octanol–water partition coefficient (Wildman–Crippen LogP) is 4.60. The van der Waals surface area contributed by atoms with Crippen molar-refractivity contribution in [1.82, 2.24) is 5.32 Å². The lowest BCUT2D eigenvalue weighted by atomic mass is 10.1. The van der Waals surface area contributed by atoms with Gasteiger partial charge in [0.15, 0.2) is 5.11 Å². The number of para-hydroxylation sites is 1. The molecule has 1 aliphatic heterocycles. The van der Waals surface area contributed by atoms with Crippen molar-refractivity contribution in [2.24, 2.45) is 0 Å². The van der Waals surface area contributed by atoms with E-state index in [1.54, 1.807) is 12.1 Å². The van der Waals surface area contributed by atoms with Gasteiger partial charge < -0.3 is 15.4 Å². The number of fused-ring (bicyclic) bond motifs is 1. The van der Waals surface area contributed by atoms with Gasteiger partial charge in [-0.25, -0.2) is 8.42 Å². The number of hydrogen-bond donors (Lipinski definition) is 2. The smallest absolute Gasteiger partial charge is 0.305 e. The Balaban J connectivity index is 1.15. The molecule has 0 atom stereocenters. The number of carbonyl (C=O) groups is 2. The maximum absolute atomic E-state index is 13.1. The zero-order valence-electron chi connectivity index (χ0n) is 21.5. The van der Waals surface area contributed by atoms with Crippen LogP contribution in [-0.2, 0) is 37.2 Å². The molecule has 3 aromatic rings. The van der Waals surface area contributed by atoms with Gasteiger partial charge in [-0.2, -0.15) is 0 Å². The minimum atomic E-state index is -3.69. The van der Waals surface area contributed by atoms with E-state index >= 15 is 0 Å². The monoisotopic (exact) mass is 565 g/mol. The molecule has 0 aromatic heterocycles. The molecule has 1 aliphatic rings. The van der Waals surface area contributed by atoms with Crippen molar-refractivity contribution < 1.29 is 22.7 Å². The third-order valence-corrected chi connectivity index (χ3v) is 8.33. The summed E-state index contributed by atoms with van der Waals surface area (Å²) in [6.45, 7) is 0.753. The number of nitrogens with zero attached hydrogens (tertiary/aromatic N) is 1. The van der Waals surface area contributed by atoms with E-state index in [4.69, 9.17) is 17.0 Å². The number of benzene rings is 3. The molecule has 1 amide bonds. The van der Waals surface area contributed by atoms with Crippen molar-refractivity contribution >= 4 is 50.6 Å². The number of hydrogen-bond acceptors (Lipinski definition) is 6. The summed E-state index contributed by atoms with van der Waals surface area (Å²) in [7, 11) is -3.69. The van der Waals surface area contributed by atoms with Crippen molar-refractivity contribution in [2.75, 3.05) is 22.8 Å². The van der Waals surface area contributed by atoms with E-state index in [2.05, 4.69) is 10.6 Å². The minimum absolute atomic E-state index is 0.0903. The normalized spacial score (nSPS) is 12.5. The summed E-state index contributed by atoms with van der Waals surface area (Å²) in [5.74, 6) is -0.653. The van der Waals surface area contributed by atoms with Crippen LogP contribution in [0.2, 0.25) is 0 Å². The summed E-state index contributed by atoms with van der Waals surface area (Å²) in [6.07, 6.45) is 2.88. The first-order chi connectivity index (χ1) is 18.8. The second-order valence-corrected chi connectivity index (χ2v) is 11.4. The van der Waals surface area contributed by atoms with Crippen LogP contribution in [0.1, 0.15) is 36.8 Å². The molecule has 2 N–H and O–H groups in total. The molecule has 0 saturated heterocycles. The Morgan fingerprint density at radius 2 is 1.62 bits per heavy atom. The molecule has 8 nitrogen and oxygen atoms in total. The Morgan fingerprint density at radius 1 is 0.897 bits per heavy atom. The van der Waals surface area contributed by atoms with Crippen LogP contribution in [0.25, 0.3) is 0 Å². The standard InChI is InChI=1S/C29H31N3O5S2/c33-27(13-6-14-28(34)37-21-7-10-22-8-2-1-3-9-22)31-29(38)30-24-15-17-25(18-16-24)39(35,36)32-20-19-23-11-4-5-12-26(23)32/h1-5,8-9,11-12,15-18H,6-7,10,13-14,19-21H2,(H2,30,31,33,38). The average Bonchev–Trinajstić information content (AvgIpc) is 3.37. The van der Waals surface area contributed by atoms with E-state index in [1.165, 1.54) is 22.0 Å². The highest BCUT2D eigenvalue weighted by molar-refractivity contribution is 7.92. The first-order valence-corrected chi connectivity index (χ1v) is 14.7. The zero-order valence-corrected chi connectivity index (χ0v) is 23.1. The van der Waals surface area contributed by atoms with Crippen molar-refractivity contribution in [3.05, 3.63) is 90.0 Å². The lowest BCUT2D eigenvalue weighted by molar-refractivity contribution is -0.143. The van der Waals surface area contributed by atoms with E-state index in [0.29, 0.717) is 37.4 Å². The Labute approximate surface area is 234 Å². The van der Waals surface area contributed by atoms with Gasteiger partial charge in [0, 0.05) is 25.1 Å². The summed E-state index contributed by atoms with van der Waals surface area (Å²) in [5, 5.41) is 5.55.